The van der Waals surface area contributed by atoms with Gasteiger partial charge in [0.05, 0.1) is 11.6 Å². The van der Waals surface area contributed by atoms with Crippen LogP contribution in [0.5, 0.6) is 0 Å². The number of nitrogens with one attached hydrogen (secondary N) is 1. The van der Waals surface area contributed by atoms with Crippen molar-refractivity contribution in [1.29, 1.82) is 0 Å². The number of benzene rings is 1. The molecule has 1 aromatic carbocycles. The number of carbonyl (C=O) groups is 2. The van der Waals surface area contributed by atoms with E-state index in [1.165, 1.54) is 14.0 Å². The maximum atomic E-state index is 12.3. The molecule has 0 spiro atoms. The van der Waals surface area contributed by atoms with Gasteiger partial charge in [-0.3, -0.25) is 4.79 Å². The zero-order valence-corrected chi connectivity index (χ0v) is 14.6. The van der Waals surface area contributed by atoms with Gasteiger partial charge in [-0.1, -0.05) is 34.1 Å². The molecule has 0 aromatic heterocycles. The molecule has 0 aliphatic carbocycles. The number of alkyl halides is 1. The van der Waals surface area contributed by atoms with Gasteiger partial charge in [0.1, 0.15) is 12.2 Å². The lowest BCUT2D eigenvalue weighted by atomic mass is 9.99. The van der Waals surface area contributed by atoms with Gasteiger partial charge < -0.3 is 19.5 Å². The summed E-state index contributed by atoms with van der Waals surface area (Å²) in [5, 5.41) is 3.27. The Hall–Kier alpha value is -1.44. The fraction of sp³-hybridized carbons (Fsp3) is 0.500. The molecule has 4 atom stereocenters. The van der Waals surface area contributed by atoms with E-state index in [9.17, 15) is 9.59 Å². The predicted molar refractivity (Wildman–Crippen MR) is 87.3 cm³/mol. The molecule has 6 nitrogen and oxygen atoms in total. The molecule has 1 saturated heterocycles. The minimum atomic E-state index is -0.600. The van der Waals surface area contributed by atoms with Crippen molar-refractivity contribution in [3.63, 3.8) is 0 Å². The third kappa shape index (κ3) is 4.76. The summed E-state index contributed by atoms with van der Waals surface area (Å²) < 4.78 is 16.6. The van der Waals surface area contributed by atoms with Gasteiger partial charge in [0.2, 0.25) is 5.91 Å². The van der Waals surface area contributed by atoms with Crippen LogP contribution >= 0.6 is 15.9 Å². The van der Waals surface area contributed by atoms with Crippen LogP contribution in [-0.2, 0) is 19.0 Å². The van der Waals surface area contributed by atoms with Crippen LogP contribution in [0.1, 0.15) is 23.7 Å². The molecule has 0 unspecified atom stereocenters. The highest BCUT2D eigenvalue weighted by Crippen LogP contribution is 2.25. The largest absolute Gasteiger partial charge is 0.454 e. The molecule has 1 aliphatic rings. The molecule has 0 bridgehead atoms. The number of ether oxygens (including phenoxy) is 3. The van der Waals surface area contributed by atoms with E-state index in [0.717, 1.165) is 0 Å². The molecule has 126 valence electrons. The average molecular weight is 386 g/mol. The Kier molecular flexibility index (Phi) is 6.56. The van der Waals surface area contributed by atoms with E-state index in [1.807, 2.05) is 6.07 Å². The van der Waals surface area contributed by atoms with Crippen LogP contribution in [0.15, 0.2) is 30.3 Å². The number of methoxy groups -OCH3 is 1. The first-order valence-corrected chi connectivity index (χ1v) is 8.44. The number of halogens is 1. The molecular weight excluding hydrogens is 366 g/mol. The number of hydrogen-bond acceptors (Lipinski definition) is 5. The molecule has 1 aromatic rings. The molecule has 23 heavy (non-hydrogen) atoms. The summed E-state index contributed by atoms with van der Waals surface area (Å²) in [6.07, 6.45) is -1.07. The molecule has 1 aliphatic heterocycles. The first-order chi connectivity index (χ1) is 11.0. The third-order valence-electron chi connectivity index (χ3n) is 3.59. The summed E-state index contributed by atoms with van der Waals surface area (Å²) >= 11 is 3.36. The minimum Gasteiger partial charge on any atom is -0.454 e. The molecule has 0 saturated carbocycles. The van der Waals surface area contributed by atoms with Gasteiger partial charge in [0.15, 0.2) is 6.29 Å². The monoisotopic (exact) mass is 385 g/mol. The Bertz CT molecular complexity index is 539. The summed E-state index contributed by atoms with van der Waals surface area (Å²) in [5.74, 6) is -0.641. The fourth-order valence-electron chi connectivity index (χ4n) is 2.53. The van der Waals surface area contributed by atoms with E-state index >= 15 is 0 Å². The second-order valence-electron chi connectivity index (χ2n) is 5.27. The molecule has 2 rings (SSSR count). The summed E-state index contributed by atoms with van der Waals surface area (Å²) in [7, 11) is 1.54. The fourth-order valence-corrected chi connectivity index (χ4v) is 3.05. The molecule has 1 fully saturated rings. The second-order valence-corrected chi connectivity index (χ2v) is 5.92. The molecule has 1 N–H and O–H groups in total. The van der Waals surface area contributed by atoms with Gasteiger partial charge in [-0.05, 0) is 12.1 Å². The Balaban J connectivity index is 2.16. The minimum absolute atomic E-state index is 0.194. The van der Waals surface area contributed by atoms with E-state index in [-0.39, 0.29) is 11.9 Å². The lowest BCUT2D eigenvalue weighted by Crippen LogP contribution is -2.57. The van der Waals surface area contributed by atoms with Crippen molar-refractivity contribution in [2.45, 2.75) is 37.9 Å². The lowest BCUT2D eigenvalue weighted by molar-refractivity contribution is -0.213. The Labute approximate surface area is 143 Å². The van der Waals surface area contributed by atoms with Gasteiger partial charge in [-0.2, -0.15) is 0 Å². The van der Waals surface area contributed by atoms with Gasteiger partial charge in [-0.25, -0.2) is 4.79 Å². The highest BCUT2D eigenvalue weighted by Gasteiger charge is 2.41. The van der Waals surface area contributed by atoms with E-state index in [2.05, 4.69) is 21.2 Å². The smallest absolute Gasteiger partial charge is 0.338 e. The molecular formula is C16H20BrNO5. The van der Waals surface area contributed by atoms with Crippen molar-refractivity contribution < 1.29 is 23.8 Å². The standard InChI is InChI=1S/C16H20BrNO5/c1-10(19)18-12-8-14(21-2)22-13(9-17)15(12)23-16(20)11-6-4-3-5-7-11/h3-7,12-15H,8-9H2,1-2H3,(H,18,19)/t12-,13-,14-,15-/m0/s1. The van der Waals surface area contributed by atoms with E-state index < -0.39 is 24.5 Å². The van der Waals surface area contributed by atoms with Crippen LogP contribution in [0.2, 0.25) is 0 Å². The number of amides is 1. The van der Waals surface area contributed by atoms with Gasteiger partial charge in [0, 0.05) is 25.8 Å². The molecule has 7 heteroatoms. The Morgan fingerprint density at radius 1 is 1.35 bits per heavy atom. The van der Waals surface area contributed by atoms with Crippen LogP contribution in [0.4, 0.5) is 0 Å². The summed E-state index contributed by atoms with van der Waals surface area (Å²) in [6.45, 7) is 1.43. The van der Waals surface area contributed by atoms with Crippen molar-refractivity contribution in [2.24, 2.45) is 0 Å². The molecule has 1 amide bonds. The molecule has 1 heterocycles. The van der Waals surface area contributed by atoms with E-state index in [1.54, 1.807) is 24.3 Å². The van der Waals surface area contributed by atoms with Gasteiger partial charge >= 0.3 is 5.97 Å². The highest BCUT2D eigenvalue weighted by atomic mass is 79.9. The van der Waals surface area contributed by atoms with Crippen LogP contribution in [-0.4, -0.2) is 48.9 Å². The van der Waals surface area contributed by atoms with Crippen molar-refractivity contribution in [3.8, 4) is 0 Å². The highest BCUT2D eigenvalue weighted by molar-refractivity contribution is 9.09. The zero-order valence-electron chi connectivity index (χ0n) is 13.0. The number of carbonyl (C=O) groups excluding carboxylic acids is 2. The maximum Gasteiger partial charge on any atom is 0.338 e. The van der Waals surface area contributed by atoms with Crippen LogP contribution in [0.3, 0.4) is 0 Å². The number of esters is 1. The van der Waals surface area contributed by atoms with Crippen molar-refractivity contribution >= 4 is 27.8 Å². The van der Waals surface area contributed by atoms with Crippen molar-refractivity contribution in [1.82, 2.24) is 5.32 Å². The topological polar surface area (TPSA) is 73.9 Å². The second kappa shape index (κ2) is 8.42. The quantitative estimate of drug-likeness (QED) is 0.618. The van der Waals surface area contributed by atoms with Crippen LogP contribution in [0.25, 0.3) is 0 Å². The summed E-state index contributed by atoms with van der Waals surface area (Å²) in [5.41, 5.74) is 0.455. The third-order valence-corrected chi connectivity index (χ3v) is 4.23. The summed E-state index contributed by atoms with van der Waals surface area (Å²) in [4.78, 5) is 23.8. The number of rotatable bonds is 5. The summed E-state index contributed by atoms with van der Waals surface area (Å²) in [6, 6.07) is 8.35. The van der Waals surface area contributed by atoms with Crippen molar-refractivity contribution in [3.05, 3.63) is 35.9 Å². The predicted octanol–water partition coefficient (Wildman–Crippen LogP) is 1.87. The zero-order chi connectivity index (χ0) is 16.8. The van der Waals surface area contributed by atoms with Gasteiger partial charge in [0.25, 0.3) is 0 Å². The van der Waals surface area contributed by atoms with Gasteiger partial charge in [-0.15, -0.1) is 0 Å². The van der Waals surface area contributed by atoms with Crippen LogP contribution < -0.4 is 5.32 Å². The first kappa shape index (κ1) is 17.9. The molecule has 0 radical (unpaired) electrons. The van der Waals surface area contributed by atoms with E-state index in [0.29, 0.717) is 17.3 Å². The van der Waals surface area contributed by atoms with Crippen molar-refractivity contribution in [2.75, 3.05) is 12.4 Å². The Morgan fingerprint density at radius 3 is 2.61 bits per heavy atom. The van der Waals surface area contributed by atoms with E-state index in [4.69, 9.17) is 14.2 Å². The Morgan fingerprint density at radius 2 is 2.04 bits per heavy atom. The SMILES string of the molecule is CO[C@@H]1C[C@H](NC(C)=O)[C@H](OC(=O)c2ccccc2)[C@H](CBr)O1. The maximum absolute atomic E-state index is 12.3. The lowest BCUT2D eigenvalue weighted by Gasteiger charge is -2.40. The average Bonchev–Trinajstić information content (AvgIpc) is 2.56. The number of hydrogen-bond donors (Lipinski definition) is 1. The van der Waals surface area contributed by atoms with Crippen LogP contribution in [0, 0.1) is 0 Å². The first-order valence-electron chi connectivity index (χ1n) is 7.32. The normalized spacial score (nSPS) is 27.3.